The first-order chi connectivity index (χ1) is 18.4. The Bertz CT molecular complexity index is 1350. The Morgan fingerprint density at radius 3 is 2.49 bits per heavy atom. The number of aryl methyl sites for hydroxylation is 1. The number of nitrogens with one attached hydrogen (secondary N) is 2. The summed E-state index contributed by atoms with van der Waals surface area (Å²) in [5, 5.41) is 5.11. The second-order valence-corrected chi connectivity index (χ2v) is 10.0. The van der Waals surface area contributed by atoms with Crippen LogP contribution >= 0.6 is 0 Å². The number of carbonyl (C=O) groups excluding carboxylic acids is 4. The molecule has 2 aromatic rings. The van der Waals surface area contributed by atoms with Crippen LogP contribution in [0.15, 0.2) is 42.5 Å². The number of carbonyl (C=O) groups is 4. The summed E-state index contributed by atoms with van der Waals surface area (Å²) in [6, 6.07) is 8.54. The minimum Gasteiger partial charge on any atom is -0.427 e. The van der Waals surface area contributed by atoms with Gasteiger partial charge in [-0.15, -0.1) is 0 Å². The van der Waals surface area contributed by atoms with Crippen LogP contribution < -0.4 is 10.6 Å². The van der Waals surface area contributed by atoms with E-state index in [1.807, 2.05) is 6.92 Å². The molecule has 39 heavy (non-hydrogen) atoms. The minimum atomic E-state index is -4.47. The van der Waals surface area contributed by atoms with Crippen molar-refractivity contribution in [1.29, 1.82) is 0 Å². The van der Waals surface area contributed by atoms with Crippen LogP contribution in [0.2, 0.25) is 0 Å². The smallest absolute Gasteiger partial charge is 0.418 e. The highest BCUT2D eigenvalue weighted by molar-refractivity contribution is 6.06. The van der Waals surface area contributed by atoms with Gasteiger partial charge >= 0.3 is 18.3 Å². The van der Waals surface area contributed by atoms with Crippen LogP contribution in [0.1, 0.15) is 54.5 Å². The van der Waals surface area contributed by atoms with Gasteiger partial charge in [-0.25, -0.2) is 14.5 Å². The number of hydrogen-bond acceptors (Lipinski definition) is 5. The second kappa shape index (κ2) is 9.58. The summed E-state index contributed by atoms with van der Waals surface area (Å²) in [5.74, 6) is -1.12. The molecule has 9 nitrogen and oxygen atoms in total. The molecule has 2 aromatic carbocycles. The van der Waals surface area contributed by atoms with E-state index in [2.05, 4.69) is 10.6 Å². The van der Waals surface area contributed by atoms with E-state index in [0.29, 0.717) is 36.1 Å². The van der Waals surface area contributed by atoms with Gasteiger partial charge < -0.3 is 20.3 Å². The Balaban J connectivity index is 1.34. The standard InChI is InChI=1S/C27H27F3N4O5/c1-15-3-10-21(16-4-6-18(7-5-16)27(28,29)30)34(15)22(35)14-33-23(36)26(39-25(33)38)12-11-17-13-19(8-9-20(17)26)32-24(37)31-2/h4-9,13,15,21H,3,10-12,14H2,1-2H3,(H2,31,32,37)/t15-,21+,26+/m0/s1. The number of benzene rings is 2. The quantitative estimate of drug-likeness (QED) is 0.596. The summed E-state index contributed by atoms with van der Waals surface area (Å²) >= 11 is 0. The number of likely N-dealkylation sites (tertiary alicyclic amines) is 1. The monoisotopic (exact) mass is 544 g/mol. The number of imide groups is 1. The van der Waals surface area contributed by atoms with Crippen LogP contribution in [0.5, 0.6) is 0 Å². The molecule has 0 bridgehead atoms. The van der Waals surface area contributed by atoms with Gasteiger partial charge in [-0.1, -0.05) is 18.2 Å². The number of fused-ring (bicyclic) bond motifs is 2. The number of halogens is 3. The van der Waals surface area contributed by atoms with E-state index >= 15 is 0 Å². The van der Waals surface area contributed by atoms with E-state index in [0.717, 1.165) is 22.6 Å². The fourth-order valence-corrected chi connectivity index (χ4v) is 5.77. The van der Waals surface area contributed by atoms with Crippen molar-refractivity contribution in [2.45, 2.75) is 56.5 Å². The van der Waals surface area contributed by atoms with Gasteiger partial charge in [0.2, 0.25) is 11.5 Å². The van der Waals surface area contributed by atoms with Crippen LogP contribution in [0.3, 0.4) is 0 Å². The summed E-state index contributed by atoms with van der Waals surface area (Å²) in [6.45, 7) is 1.29. The number of anilines is 1. The van der Waals surface area contributed by atoms with Crippen LogP contribution in [0, 0.1) is 0 Å². The second-order valence-electron chi connectivity index (χ2n) is 10.0. The van der Waals surface area contributed by atoms with Gasteiger partial charge in [0.15, 0.2) is 0 Å². The van der Waals surface area contributed by atoms with Crippen LogP contribution in [0.4, 0.5) is 28.4 Å². The molecule has 0 aromatic heterocycles. The highest BCUT2D eigenvalue weighted by atomic mass is 19.4. The van der Waals surface area contributed by atoms with Crippen LogP contribution in [-0.4, -0.2) is 53.4 Å². The van der Waals surface area contributed by atoms with Crippen LogP contribution in [0.25, 0.3) is 0 Å². The lowest BCUT2D eigenvalue weighted by Gasteiger charge is -2.30. The molecule has 0 radical (unpaired) electrons. The van der Waals surface area contributed by atoms with Crippen molar-refractivity contribution < 1.29 is 37.1 Å². The lowest BCUT2D eigenvalue weighted by Crippen LogP contribution is -2.46. The van der Waals surface area contributed by atoms with E-state index < -0.39 is 53.9 Å². The van der Waals surface area contributed by atoms with E-state index in [-0.39, 0.29) is 12.5 Å². The third kappa shape index (κ3) is 4.57. The number of rotatable bonds is 4. The van der Waals surface area contributed by atoms with E-state index in [4.69, 9.17) is 4.74 Å². The maximum atomic E-state index is 13.5. The zero-order valence-corrected chi connectivity index (χ0v) is 21.3. The molecule has 3 aliphatic rings. The minimum absolute atomic E-state index is 0.204. The average molecular weight is 545 g/mol. The van der Waals surface area contributed by atoms with E-state index in [1.165, 1.54) is 24.1 Å². The number of nitrogens with zero attached hydrogens (tertiary/aromatic N) is 2. The highest BCUT2D eigenvalue weighted by Gasteiger charge is 2.58. The molecule has 2 aliphatic heterocycles. The first kappa shape index (κ1) is 26.5. The molecule has 0 unspecified atom stereocenters. The first-order valence-electron chi connectivity index (χ1n) is 12.6. The van der Waals surface area contributed by atoms with Gasteiger partial charge in [0, 0.05) is 30.8 Å². The Morgan fingerprint density at radius 2 is 1.82 bits per heavy atom. The number of hydrogen-bond donors (Lipinski definition) is 2. The molecule has 2 N–H and O–H groups in total. The van der Waals surface area contributed by atoms with Gasteiger partial charge in [0.25, 0.3) is 5.91 Å². The Morgan fingerprint density at radius 1 is 1.10 bits per heavy atom. The maximum Gasteiger partial charge on any atom is 0.418 e. The molecule has 5 rings (SSSR count). The molecule has 5 amide bonds. The predicted molar refractivity (Wildman–Crippen MR) is 132 cm³/mol. The molecule has 2 fully saturated rings. The molecular formula is C27H27F3N4O5. The Labute approximate surface area is 222 Å². The molecule has 2 heterocycles. The Kier molecular flexibility index (Phi) is 6.51. The number of ether oxygens (including phenoxy) is 1. The molecule has 1 aliphatic carbocycles. The molecule has 206 valence electrons. The van der Waals surface area contributed by atoms with E-state index in [1.54, 1.807) is 18.2 Å². The lowest BCUT2D eigenvalue weighted by molar-refractivity contribution is -0.143. The maximum absolute atomic E-state index is 13.5. The van der Waals surface area contributed by atoms with Crippen LogP contribution in [-0.2, 0) is 32.5 Å². The van der Waals surface area contributed by atoms with Crippen molar-refractivity contribution in [2.24, 2.45) is 0 Å². The third-order valence-corrected chi connectivity index (χ3v) is 7.72. The van der Waals surface area contributed by atoms with Crippen molar-refractivity contribution in [2.75, 3.05) is 18.9 Å². The van der Waals surface area contributed by atoms with Gasteiger partial charge in [-0.05, 0) is 61.6 Å². The lowest BCUT2D eigenvalue weighted by atomic mass is 9.94. The van der Waals surface area contributed by atoms with Crippen molar-refractivity contribution in [1.82, 2.24) is 15.1 Å². The summed E-state index contributed by atoms with van der Waals surface area (Å²) in [5.41, 5.74) is 0.00919. The SMILES string of the molecule is CNC(=O)Nc1ccc2c(c1)CC[C@@]21OC(=O)N(CC(=O)N2[C@@H](c3ccc(C(F)(F)F)cc3)CC[C@@H]2C)C1=O. The number of amides is 5. The molecule has 2 saturated heterocycles. The molecule has 0 saturated carbocycles. The van der Waals surface area contributed by atoms with Crippen molar-refractivity contribution in [3.8, 4) is 0 Å². The molecule has 1 spiro atoms. The Hall–Kier alpha value is -4.09. The number of urea groups is 1. The van der Waals surface area contributed by atoms with Crippen molar-refractivity contribution in [3.63, 3.8) is 0 Å². The normalized spacial score (nSPS) is 24.2. The van der Waals surface area contributed by atoms with Crippen molar-refractivity contribution >= 4 is 29.6 Å². The summed E-state index contributed by atoms with van der Waals surface area (Å²) in [7, 11) is 1.48. The fraction of sp³-hybridized carbons (Fsp3) is 0.407. The molecule has 3 atom stereocenters. The van der Waals surface area contributed by atoms with Gasteiger partial charge in [0.05, 0.1) is 11.6 Å². The topological polar surface area (TPSA) is 108 Å². The average Bonchev–Trinajstić information content (AvgIpc) is 3.53. The van der Waals surface area contributed by atoms with Crippen molar-refractivity contribution in [3.05, 3.63) is 64.7 Å². The van der Waals surface area contributed by atoms with E-state index in [9.17, 15) is 32.3 Å². The summed E-state index contributed by atoms with van der Waals surface area (Å²) in [6.07, 6.45) is -3.59. The zero-order valence-electron chi connectivity index (χ0n) is 21.3. The van der Waals surface area contributed by atoms with Gasteiger partial charge in [0.1, 0.15) is 6.54 Å². The zero-order chi connectivity index (χ0) is 28.1. The first-order valence-corrected chi connectivity index (χ1v) is 12.6. The predicted octanol–water partition coefficient (Wildman–Crippen LogP) is 4.33. The third-order valence-electron chi connectivity index (χ3n) is 7.72. The fourth-order valence-electron chi connectivity index (χ4n) is 5.77. The highest BCUT2D eigenvalue weighted by Crippen LogP contribution is 2.46. The largest absolute Gasteiger partial charge is 0.427 e. The van der Waals surface area contributed by atoms with Gasteiger partial charge in [-0.3, -0.25) is 9.59 Å². The summed E-state index contributed by atoms with van der Waals surface area (Å²) in [4.78, 5) is 53.8. The number of alkyl halides is 3. The molecule has 12 heteroatoms. The summed E-state index contributed by atoms with van der Waals surface area (Å²) < 4.78 is 44.6. The van der Waals surface area contributed by atoms with Gasteiger partial charge in [-0.2, -0.15) is 13.2 Å². The molecular weight excluding hydrogens is 517 g/mol.